The van der Waals surface area contributed by atoms with Crippen LogP contribution in [0.1, 0.15) is 19.8 Å². The van der Waals surface area contributed by atoms with E-state index < -0.39 is 0 Å². The van der Waals surface area contributed by atoms with Crippen molar-refractivity contribution in [3.8, 4) is 0 Å². The molecule has 0 aliphatic carbocycles. The molecule has 1 aromatic rings. The van der Waals surface area contributed by atoms with Crippen molar-refractivity contribution in [1.82, 2.24) is 10.3 Å². The van der Waals surface area contributed by atoms with Crippen molar-refractivity contribution in [1.29, 1.82) is 0 Å². The first-order valence-corrected chi connectivity index (χ1v) is 7.05. The summed E-state index contributed by atoms with van der Waals surface area (Å²) in [5.74, 6) is 1.00. The Hall–Kier alpha value is -2.10. The van der Waals surface area contributed by atoms with E-state index in [1.54, 1.807) is 12.2 Å². The van der Waals surface area contributed by atoms with Gasteiger partial charge in [-0.15, -0.1) is 0 Å². The van der Waals surface area contributed by atoms with Gasteiger partial charge in [0.05, 0.1) is 0 Å². The van der Waals surface area contributed by atoms with Crippen LogP contribution in [-0.2, 0) is 4.79 Å². The van der Waals surface area contributed by atoms with Gasteiger partial charge in [-0.2, -0.15) is 0 Å². The average Bonchev–Trinajstić information content (AvgIpc) is 2.49. The number of anilines is 1. The smallest absolute Gasteiger partial charge is 0.244 e. The monoisotopic (exact) mass is 271 g/mol. The Bertz CT molecular complexity index is 474. The summed E-state index contributed by atoms with van der Waals surface area (Å²) in [6.07, 6.45) is 10.8. The van der Waals surface area contributed by atoms with Crippen molar-refractivity contribution in [2.75, 3.05) is 18.0 Å². The lowest BCUT2D eigenvalue weighted by Crippen LogP contribution is -2.44. The molecule has 1 amide bonds. The molecular formula is C16H21N3O. The molecule has 0 saturated carbocycles. The van der Waals surface area contributed by atoms with Gasteiger partial charge in [-0.25, -0.2) is 4.98 Å². The first-order chi connectivity index (χ1) is 9.79. The largest absolute Gasteiger partial charge is 0.356 e. The molecule has 20 heavy (non-hydrogen) atoms. The maximum absolute atomic E-state index is 11.7. The quantitative estimate of drug-likeness (QED) is 0.675. The predicted molar refractivity (Wildman–Crippen MR) is 81.6 cm³/mol. The minimum atomic E-state index is -0.0145. The number of nitrogens with zero attached hydrogens (tertiary/aromatic N) is 2. The standard InChI is InChI=1S/C16H21N3O/c1-2-3-4-8-16(20)18-14-9-12-19(13-10-14)15-7-5-6-11-17-15/h2-8,11,14H,9-10,12-13H2,1H3,(H,18,20)/b3-2+,8-4+. The van der Waals surface area contributed by atoms with Crippen LogP contribution in [0.25, 0.3) is 0 Å². The number of hydrogen-bond donors (Lipinski definition) is 1. The van der Waals surface area contributed by atoms with E-state index in [1.807, 2.05) is 43.5 Å². The first kappa shape index (κ1) is 14.3. The zero-order valence-electron chi connectivity index (χ0n) is 11.8. The van der Waals surface area contributed by atoms with Gasteiger partial charge < -0.3 is 10.2 Å². The molecular weight excluding hydrogens is 250 g/mol. The number of carbonyl (C=O) groups is 1. The molecule has 106 valence electrons. The fourth-order valence-corrected chi connectivity index (χ4v) is 2.30. The molecule has 0 aromatic carbocycles. The van der Waals surface area contributed by atoms with Crippen LogP contribution in [0.4, 0.5) is 5.82 Å². The van der Waals surface area contributed by atoms with E-state index in [2.05, 4.69) is 15.2 Å². The summed E-state index contributed by atoms with van der Waals surface area (Å²) >= 11 is 0. The van der Waals surface area contributed by atoms with Crippen molar-refractivity contribution in [3.63, 3.8) is 0 Å². The van der Waals surface area contributed by atoms with Crippen molar-refractivity contribution >= 4 is 11.7 Å². The summed E-state index contributed by atoms with van der Waals surface area (Å²) in [7, 11) is 0. The normalized spacial score (nSPS) is 16.9. The number of amides is 1. The van der Waals surface area contributed by atoms with Crippen LogP contribution < -0.4 is 10.2 Å². The SMILES string of the molecule is C/C=C/C=C/C(=O)NC1CCN(c2ccccn2)CC1. The second-order valence-electron chi connectivity index (χ2n) is 4.84. The van der Waals surface area contributed by atoms with E-state index in [-0.39, 0.29) is 11.9 Å². The average molecular weight is 271 g/mol. The van der Waals surface area contributed by atoms with E-state index in [4.69, 9.17) is 0 Å². The van der Waals surface area contributed by atoms with Gasteiger partial charge in [-0.05, 0) is 31.9 Å². The van der Waals surface area contributed by atoms with Crippen LogP contribution in [0, 0.1) is 0 Å². The molecule has 0 radical (unpaired) electrons. The van der Waals surface area contributed by atoms with Crippen LogP contribution in [0.5, 0.6) is 0 Å². The minimum absolute atomic E-state index is 0.0145. The maximum atomic E-state index is 11.7. The van der Waals surface area contributed by atoms with E-state index in [9.17, 15) is 4.79 Å². The molecule has 0 bridgehead atoms. The number of rotatable bonds is 4. The first-order valence-electron chi connectivity index (χ1n) is 7.05. The van der Waals surface area contributed by atoms with Crippen molar-refractivity contribution < 1.29 is 4.79 Å². The Morgan fingerprint density at radius 1 is 1.35 bits per heavy atom. The molecule has 1 N–H and O–H groups in total. The number of piperidine rings is 1. The highest BCUT2D eigenvalue weighted by Gasteiger charge is 2.20. The second-order valence-corrected chi connectivity index (χ2v) is 4.84. The van der Waals surface area contributed by atoms with E-state index >= 15 is 0 Å². The third-order valence-electron chi connectivity index (χ3n) is 3.37. The van der Waals surface area contributed by atoms with Gasteiger partial charge >= 0.3 is 0 Å². The molecule has 1 aromatic heterocycles. The summed E-state index contributed by atoms with van der Waals surface area (Å²) in [5.41, 5.74) is 0. The Morgan fingerprint density at radius 3 is 2.80 bits per heavy atom. The van der Waals surface area contributed by atoms with Crippen molar-refractivity contribution in [3.05, 3.63) is 48.7 Å². The van der Waals surface area contributed by atoms with Gasteiger partial charge in [0, 0.05) is 31.4 Å². The topological polar surface area (TPSA) is 45.2 Å². The number of carbonyl (C=O) groups excluding carboxylic acids is 1. The van der Waals surface area contributed by atoms with E-state index in [0.29, 0.717) is 0 Å². The molecule has 1 saturated heterocycles. The summed E-state index contributed by atoms with van der Waals surface area (Å²) < 4.78 is 0. The van der Waals surface area contributed by atoms with E-state index in [0.717, 1.165) is 31.7 Å². The van der Waals surface area contributed by atoms with E-state index in [1.165, 1.54) is 0 Å². The second kappa shape index (κ2) is 7.48. The zero-order valence-corrected chi connectivity index (χ0v) is 11.8. The zero-order chi connectivity index (χ0) is 14.2. The lowest BCUT2D eigenvalue weighted by molar-refractivity contribution is -0.117. The minimum Gasteiger partial charge on any atom is -0.356 e. The van der Waals surface area contributed by atoms with Crippen molar-refractivity contribution in [2.24, 2.45) is 0 Å². The van der Waals surface area contributed by atoms with Crippen LogP contribution in [-0.4, -0.2) is 30.0 Å². The van der Waals surface area contributed by atoms with Gasteiger partial charge in [-0.1, -0.05) is 24.3 Å². The third kappa shape index (κ3) is 4.23. The van der Waals surface area contributed by atoms with Crippen LogP contribution in [0.15, 0.2) is 48.7 Å². The lowest BCUT2D eigenvalue weighted by Gasteiger charge is -2.32. The predicted octanol–water partition coefficient (Wildman–Crippen LogP) is 2.30. The van der Waals surface area contributed by atoms with Crippen LogP contribution >= 0.6 is 0 Å². The highest BCUT2D eigenvalue weighted by molar-refractivity contribution is 5.88. The lowest BCUT2D eigenvalue weighted by atomic mass is 10.0. The van der Waals surface area contributed by atoms with Gasteiger partial charge in [0.1, 0.15) is 5.82 Å². The molecule has 4 nitrogen and oxygen atoms in total. The third-order valence-corrected chi connectivity index (χ3v) is 3.37. The molecule has 1 aliphatic rings. The number of pyridine rings is 1. The molecule has 0 atom stereocenters. The maximum Gasteiger partial charge on any atom is 0.244 e. The summed E-state index contributed by atoms with van der Waals surface area (Å²) in [4.78, 5) is 18.3. The molecule has 1 fully saturated rings. The van der Waals surface area contributed by atoms with Gasteiger partial charge in [-0.3, -0.25) is 4.79 Å². The molecule has 2 heterocycles. The number of aromatic nitrogens is 1. The van der Waals surface area contributed by atoms with Crippen LogP contribution in [0.3, 0.4) is 0 Å². The Labute approximate surface area is 120 Å². The fourth-order valence-electron chi connectivity index (χ4n) is 2.30. The molecule has 2 rings (SSSR count). The molecule has 0 unspecified atom stereocenters. The summed E-state index contributed by atoms with van der Waals surface area (Å²) in [5, 5.41) is 3.04. The van der Waals surface area contributed by atoms with Gasteiger partial charge in [0.2, 0.25) is 5.91 Å². The summed E-state index contributed by atoms with van der Waals surface area (Å²) in [6.45, 7) is 3.79. The van der Waals surface area contributed by atoms with Crippen molar-refractivity contribution in [2.45, 2.75) is 25.8 Å². The highest BCUT2D eigenvalue weighted by Crippen LogP contribution is 2.17. The summed E-state index contributed by atoms with van der Waals surface area (Å²) in [6, 6.07) is 6.21. The molecule has 1 aliphatic heterocycles. The number of hydrogen-bond acceptors (Lipinski definition) is 3. The number of nitrogens with one attached hydrogen (secondary N) is 1. The molecule has 4 heteroatoms. The Morgan fingerprint density at radius 2 is 2.15 bits per heavy atom. The highest BCUT2D eigenvalue weighted by atomic mass is 16.1. The van der Waals surface area contributed by atoms with Gasteiger partial charge in [0.15, 0.2) is 0 Å². The van der Waals surface area contributed by atoms with Crippen LogP contribution in [0.2, 0.25) is 0 Å². The fraction of sp³-hybridized carbons (Fsp3) is 0.375. The Kier molecular flexibility index (Phi) is 5.35. The van der Waals surface area contributed by atoms with Gasteiger partial charge in [0.25, 0.3) is 0 Å². The number of allylic oxidation sites excluding steroid dienone is 3. The molecule has 0 spiro atoms. The Balaban J connectivity index is 1.78.